The minimum atomic E-state index is -0.776. The number of amides is 3. The molecule has 0 unspecified atom stereocenters. The number of hydrogen-bond donors (Lipinski definition) is 1. The average molecular weight is 511 g/mol. The summed E-state index contributed by atoms with van der Waals surface area (Å²) >= 11 is 3.43. The molecule has 9 heteroatoms. The lowest BCUT2D eigenvalue weighted by Crippen LogP contribution is -2.28. The third-order valence-electron chi connectivity index (χ3n) is 5.43. The first-order valence-corrected chi connectivity index (χ1v) is 10.8. The van der Waals surface area contributed by atoms with Gasteiger partial charge in [0, 0.05) is 10.2 Å². The number of halogens is 1. The predicted octanol–water partition coefficient (Wildman–Crippen LogP) is 4.25. The number of furan rings is 1. The molecule has 0 radical (unpaired) electrons. The molecule has 0 saturated carbocycles. The van der Waals surface area contributed by atoms with E-state index in [1.165, 1.54) is 24.5 Å². The number of anilines is 1. The van der Waals surface area contributed by atoms with Gasteiger partial charge in [0.15, 0.2) is 6.61 Å². The van der Waals surface area contributed by atoms with E-state index in [2.05, 4.69) is 21.2 Å². The molecule has 1 N–H and O–H groups in total. The first-order valence-electron chi connectivity index (χ1n) is 10.0. The molecule has 0 atom stereocenters. The Balaban J connectivity index is 1.41. The number of fused-ring (bicyclic) bond motifs is 1. The number of carbonyl (C=O) groups excluding carboxylic acids is 4. The number of imide groups is 1. The van der Waals surface area contributed by atoms with Gasteiger partial charge in [-0.1, -0.05) is 15.9 Å². The number of ether oxygens (including phenoxy) is 1. The monoisotopic (exact) mass is 510 g/mol. The van der Waals surface area contributed by atoms with E-state index in [0.29, 0.717) is 11.4 Å². The predicted molar refractivity (Wildman–Crippen MR) is 122 cm³/mol. The fourth-order valence-electron chi connectivity index (χ4n) is 3.44. The van der Waals surface area contributed by atoms with Crippen LogP contribution in [0.15, 0.2) is 57.6 Å². The van der Waals surface area contributed by atoms with Gasteiger partial charge in [-0.3, -0.25) is 19.3 Å². The Labute approximate surface area is 197 Å². The van der Waals surface area contributed by atoms with Crippen LogP contribution in [0.4, 0.5) is 5.69 Å². The van der Waals surface area contributed by atoms with Gasteiger partial charge in [-0.15, -0.1) is 0 Å². The van der Waals surface area contributed by atoms with Crippen molar-refractivity contribution in [3.8, 4) is 0 Å². The molecule has 2 aromatic carbocycles. The second-order valence-corrected chi connectivity index (χ2v) is 8.36. The first-order chi connectivity index (χ1) is 15.8. The Hall–Kier alpha value is -3.72. The van der Waals surface area contributed by atoms with Gasteiger partial charge in [-0.2, -0.15) is 0 Å². The molecular weight excluding hydrogens is 492 g/mol. The van der Waals surface area contributed by atoms with Crippen LogP contribution >= 0.6 is 15.9 Å². The Kier molecular flexibility index (Phi) is 6.15. The SMILES string of the molecule is Cc1c(Br)ccc(NC(=O)COC(=O)c2ccc3c(c2)C(=O)N(Cc2ccco2)C3=O)c1C. The molecule has 0 spiro atoms. The maximum atomic E-state index is 12.7. The van der Waals surface area contributed by atoms with Gasteiger partial charge in [0.1, 0.15) is 5.76 Å². The molecular formula is C24H19BrN2O6. The smallest absolute Gasteiger partial charge is 0.338 e. The highest BCUT2D eigenvalue weighted by atomic mass is 79.9. The number of nitrogens with zero attached hydrogens (tertiary/aromatic N) is 1. The Morgan fingerprint density at radius 2 is 1.79 bits per heavy atom. The van der Waals surface area contributed by atoms with Crippen molar-refractivity contribution in [3.63, 3.8) is 0 Å². The number of esters is 1. The highest BCUT2D eigenvalue weighted by Gasteiger charge is 2.36. The van der Waals surface area contributed by atoms with Crippen molar-refractivity contribution >= 4 is 45.3 Å². The maximum Gasteiger partial charge on any atom is 0.338 e. The minimum Gasteiger partial charge on any atom is -0.467 e. The van der Waals surface area contributed by atoms with Crippen LogP contribution in [0.1, 0.15) is 48.0 Å². The van der Waals surface area contributed by atoms with Crippen molar-refractivity contribution in [3.05, 3.63) is 86.8 Å². The largest absolute Gasteiger partial charge is 0.467 e. The van der Waals surface area contributed by atoms with E-state index in [1.807, 2.05) is 19.9 Å². The third-order valence-corrected chi connectivity index (χ3v) is 6.29. The van der Waals surface area contributed by atoms with E-state index in [9.17, 15) is 19.2 Å². The maximum absolute atomic E-state index is 12.7. The summed E-state index contributed by atoms with van der Waals surface area (Å²) in [5.74, 6) is -1.80. The fourth-order valence-corrected chi connectivity index (χ4v) is 3.87. The standard InChI is InChI=1S/C24H19BrN2O6/c1-13-14(2)20(8-7-19(13)25)26-21(28)12-33-24(31)15-5-6-17-18(10-15)23(30)27(22(17)29)11-16-4-3-9-32-16/h3-10H,11-12H2,1-2H3,(H,26,28). The number of benzene rings is 2. The molecule has 0 aliphatic carbocycles. The van der Waals surface area contributed by atoms with E-state index in [-0.39, 0.29) is 23.2 Å². The second kappa shape index (κ2) is 9.03. The van der Waals surface area contributed by atoms with E-state index in [1.54, 1.807) is 18.2 Å². The van der Waals surface area contributed by atoms with Crippen LogP contribution in [0.5, 0.6) is 0 Å². The molecule has 168 valence electrons. The van der Waals surface area contributed by atoms with Gasteiger partial charge < -0.3 is 14.5 Å². The Morgan fingerprint density at radius 1 is 1.03 bits per heavy atom. The highest BCUT2D eigenvalue weighted by molar-refractivity contribution is 9.10. The summed E-state index contributed by atoms with van der Waals surface area (Å²) in [6.07, 6.45) is 1.46. The van der Waals surface area contributed by atoms with Crippen molar-refractivity contribution in [2.24, 2.45) is 0 Å². The zero-order chi connectivity index (χ0) is 23.7. The summed E-state index contributed by atoms with van der Waals surface area (Å²) in [6.45, 7) is 3.29. The van der Waals surface area contributed by atoms with Crippen molar-refractivity contribution < 1.29 is 28.3 Å². The van der Waals surface area contributed by atoms with Crippen LogP contribution in [-0.2, 0) is 16.1 Å². The lowest BCUT2D eigenvalue weighted by atomic mass is 10.1. The number of rotatable bonds is 6. The molecule has 1 aliphatic rings. The zero-order valence-corrected chi connectivity index (χ0v) is 19.4. The quantitative estimate of drug-likeness (QED) is 0.392. The molecule has 8 nitrogen and oxygen atoms in total. The molecule has 4 rings (SSSR count). The Morgan fingerprint density at radius 3 is 2.52 bits per heavy atom. The average Bonchev–Trinajstić information content (AvgIpc) is 3.40. The van der Waals surface area contributed by atoms with Crippen molar-refractivity contribution in [1.82, 2.24) is 4.90 Å². The second-order valence-electron chi connectivity index (χ2n) is 7.51. The molecule has 1 aromatic heterocycles. The number of hydrogen-bond acceptors (Lipinski definition) is 6. The van der Waals surface area contributed by atoms with Gasteiger partial charge >= 0.3 is 5.97 Å². The minimum absolute atomic E-state index is 0.00571. The summed E-state index contributed by atoms with van der Waals surface area (Å²) in [4.78, 5) is 51.0. The first kappa shape index (κ1) is 22.5. The van der Waals surface area contributed by atoms with Gasteiger partial charge in [-0.25, -0.2) is 4.79 Å². The lowest BCUT2D eigenvalue weighted by molar-refractivity contribution is -0.119. The lowest BCUT2D eigenvalue weighted by Gasteiger charge is -2.12. The normalized spacial score (nSPS) is 12.6. The molecule has 2 heterocycles. The van der Waals surface area contributed by atoms with E-state index >= 15 is 0 Å². The number of carbonyl (C=O) groups is 4. The highest BCUT2D eigenvalue weighted by Crippen LogP contribution is 2.27. The van der Waals surface area contributed by atoms with Crippen LogP contribution in [0.3, 0.4) is 0 Å². The van der Waals surface area contributed by atoms with Gasteiger partial charge in [0.25, 0.3) is 17.7 Å². The van der Waals surface area contributed by atoms with Crippen molar-refractivity contribution in [2.45, 2.75) is 20.4 Å². The van der Waals surface area contributed by atoms with Gasteiger partial charge in [0.2, 0.25) is 0 Å². The summed E-state index contributed by atoms with van der Waals surface area (Å²) in [5, 5.41) is 2.72. The molecule has 1 aliphatic heterocycles. The van der Waals surface area contributed by atoms with E-state index in [4.69, 9.17) is 9.15 Å². The van der Waals surface area contributed by atoms with Crippen molar-refractivity contribution in [1.29, 1.82) is 0 Å². The van der Waals surface area contributed by atoms with E-state index < -0.39 is 30.3 Å². The summed E-state index contributed by atoms with van der Waals surface area (Å²) in [6, 6.07) is 11.0. The summed E-state index contributed by atoms with van der Waals surface area (Å²) in [5.41, 5.74) is 2.87. The van der Waals surface area contributed by atoms with Gasteiger partial charge in [-0.05, 0) is 67.4 Å². The number of nitrogens with one attached hydrogen (secondary N) is 1. The molecule has 3 aromatic rings. The van der Waals surface area contributed by atoms with Crippen LogP contribution in [0, 0.1) is 13.8 Å². The molecule has 0 bridgehead atoms. The van der Waals surface area contributed by atoms with Crippen LogP contribution in [-0.4, -0.2) is 35.2 Å². The molecule has 0 saturated heterocycles. The van der Waals surface area contributed by atoms with Crippen LogP contribution in [0.2, 0.25) is 0 Å². The molecule has 3 amide bonds. The molecule has 33 heavy (non-hydrogen) atoms. The molecule has 0 fully saturated rings. The van der Waals surface area contributed by atoms with E-state index in [0.717, 1.165) is 20.5 Å². The zero-order valence-electron chi connectivity index (χ0n) is 17.8. The third kappa shape index (κ3) is 4.45. The Bertz CT molecular complexity index is 1280. The topological polar surface area (TPSA) is 106 Å². The van der Waals surface area contributed by atoms with Gasteiger partial charge in [0.05, 0.1) is 29.5 Å². The van der Waals surface area contributed by atoms with Crippen LogP contribution < -0.4 is 5.32 Å². The van der Waals surface area contributed by atoms with Crippen LogP contribution in [0.25, 0.3) is 0 Å². The fraction of sp³-hybridized carbons (Fsp3) is 0.167. The van der Waals surface area contributed by atoms with Crippen molar-refractivity contribution in [2.75, 3.05) is 11.9 Å². The summed E-state index contributed by atoms with van der Waals surface area (Å²) < 4.78 is 11.2. The summed E-state index contributed by atoms with van der Waals surface area (Å²) in [7, 11) is 0.